The van der Waals surface area contributed by atoms with Gasteiger partial charge in [0.2, 0.25) is 0 Å². The lowest BCUT2D eigenvalue weighted by molar-refractivity contribution is -0.139. The van der Waals surface area contributed by atoms with E-state index < -0.39 is 5.97 Å². The Hall–Kier alpha value is -3.32. The van der Waals surface area contributed by atoms with E-state index in [-0.39, 0.29) is 12.0 Å². The summed E-state index contributed by atoms with van der Waals surface area (Å²) in [5.74, 6) is 0.206. The van der Waals surface area contributed by atoms with E-state index in [1.54, 1.807) is 62.6 Å². The van der Waals surface area contributed by atoms with E-state index in [1.165, 1.54) is 11.8 Å². The number of aromatic amines is 1. The zero-order chi connectivity index (χ0) is 21.0. The van der Waals surface area contributed by atoms with Crippen LogP contribution < -0.4 is 10.3 Å². The quantitative estimate of drug-likeness (QED) is 0.493. The van der Waals surface area contributed by atoms with E-state index in [0.29, 0.717) is 39.1 Å². The summed E-state index contributed by atoms with van der Waals surface area (Å²) in [6, 6.07) is 13.9. The van der Waals surface area contributed by atoms with Gasteiger partial charge < -0.3 is 9.47 Å². The molecule has 0 saturated carbocycles. The maximum absolute atomic E-state index is 13.1. The average molecular weight is 414 g/mol. The van der Waals surface area contributed by atoms with Gasteiger partial charge in [0.1, 0.15) is 5.75 Å². The highest BCUT2D eigenvalue weighted by atomic mass is 35.5. The molecule has 29 heavy (non-hydrogen) atoms. The van der Waals surface area contributed by atoms with Gasteiger partial charge in [-0.25, -0.2) is 4.68 Å². The summed E-state index contributed by atoms with van der Waals surface area (Å²) in [5, 5.41) is 3.60. The number of benzene rings is 2. The number of methoxy groups -OCH3 is 2. The van der Waals surface area contributed by atoms with Gasteiger partial charge in [-0.3, -0.25) is 19.7 Å². The molecule has 0 spiro atoms. The predicted octanol–water partition coefficient (Wildman–Crippen LogP) is 3.68. The average Bonchev–Trinajstić information content (AvgIpc) is 3.05. The Morgan fingerprint density at radius 3 is 2.34 bits per heavy atom. The summed E-state index contributed by atoms with van der Waals surface area (Å²) in [4.78, 5) is 29.5. The number of rotatable bonds is 6. The third-order valence-corrected chi connectivity index (χ3v) is 4.58. The molecule has 8 heteroatoms. The molecule has 0 atom stereocenters. The van der Waals surface area contributed by atoms with E-state index in [0.717, 1.165) is 0 Å². The minimum absolute atomic E-state index is 0.0856. The van der Waals surface area contributed by atoms with Gasteiger partial charge in [-0.05, 0) is 55.5 Å². The van der Waals surface area contributed by atoms with Crippen molar-refractivity contribution in [2.75, 3.05) is 14.2 Å². The van der Waals surface area contributed by atoms with Crippen LogP contribution in [0.3, 0.4) is 0 Å². The first-order valence-corrected chi connectivity index (χ1v) is 9.17. The minimum Gasteiger partial charge on any atom is -0.497 e. The molecule has 0 radical (unpaired) electrons. The molecule has 0 fully saturated rings. The monoisotopic (exact) mass is 413 g/mol. The highest BCUT2D eigenvalue weighted by Gasteiger charge is 2.20. The van der Waals surface area contributed by atoms with Crippen LogP contribution in [0, 0.1) is 0 Å². The Morgan fingerprint density at radius 1 is 1.10 bits per heavy atom. The number of esters is 1. The first kappa shape index (κ1) is 20.4. The third-order valence-electron chi connectivity index (χ3n) is 4.33. The molecule has 1 heterocycles. The van der Waals surface area contributed by atoms with Crippen LogP contribution in [0.25, 0.3) is 5.69 Å². The summed E-state index contributed by atoms with van der Waals surface area (Å²) in [6.07, 6.45) is -0.0856. The standard InChI is InChI=1S/C21H20ClN3O4/c1-13(23-15-6-4-14(22)5-7-15)20-18(12-19(26)29-3)24-25(21(20)27)16-8-10-17(28-2)11-9-16/h4-11,24H,12H2,1-3H3. The second kappa shape index (κ2) is 8.79. The first-order chi connectivity index (χ1) is 13.9. The van der Waals surface area contributed by atoms with Crippen LogP contribution in [-0.4, -0.2) is 35.7 Å². The van der Waals surface area contributed by atoms with E-state index in [2.05, 4.69) is 10.1 Å². The number of carbonyl (C=O) groups is 1. The van der Waals surface area contributed by atoms with Crippen molar-refractivity contribution >= 4 is 29.0 Å². The maximum Gasteiger partial charge on any atom is 0.311 e. The second-order valence-corrected chi connectivity index (χ2v) is 6.67. The number of aliphatic imine (C=N–C) groups is 1. The summed E-state index contributed by atoms with van der Waals surface area (Å²) in [5.41, 5.74) is 2.15. The lowest BCUT2D eigenvalue weighted by Crippen LogP contribution is -2.20. The number of nitrogens with one attached hydrogen (secondary N) is 1. The van der Waals surface area contributed by atoms with Crippen LogP contribution in [0.15, 0.2) is 58.3 Å². The van der Waals surface area contributed by atoms with Gasteiger partial charge in [0.05, 0.1) is 49.0 Å². The molecule has 7 nitrogen and oxygen atoms in total. The van der Waals surface area contributed by atoms with Crippen molar-refractivity contribution in [1.29, 1.82) is 0 Å². The topological polar surface area (TPSA) is 85.7 Å². The fourth-order valence-corrected chi connectivity index (χ4v) is 3.00. The van der Waals surface area contributed by atoms with Crippen LogP contribution in [0.5, 0.6) is 5.75 Å². The smallest absolute Gasteiger partial charge is 0.311 e. The van der Waals surface area contributed by atoms with Crippen LogP contribution in [-0.2, 0) is 16.0 Å². The largest absolute Gasteiger partial charge is 0.497 e. The van der Waals surface area contributed by atoms with E-state index in [1.807, 2.05) is 0 Å². The zero-order valence-electron chi connectivity index (χ0n) is 16.2. The number of hydrogen-bond acceptors (Lipinski definition) is 5. The van der Waals surface area contributed by atoms with Gasteiger partial charge in [0, 0.05) is 5.02 Å². The molecule has 0 bridgehead atoms. The van der Waals surface area contributed by atoms with Crippen molar-refractivity contribution in [2.45, 2.75) is 13.3 Å². The van der Waals surface area contributed by atoms with Crippen molar-refractivity contribution in [3.8, 4) is 11.4 Å². The number of ether oxygens (including phenoxy) is 2. The molecule has 0 saturated heterocycles. The van der Waals surface area contributed by atoms with Crippen molar-refractivity contribution < 1.29 is 14.3 Å². The van der Waals surface area contributed by atoms with Crippen molar-refractivity contribution in [3.63, 3.8) is 0 Å². The normalized spacial score (nSPS) is 11.4. The maximum atomic E-state index is 13.1. The molecule has 0 unspecified atom stereocenters. The summed E-state index contributed by atoms with van der Waals surface area (Å²) in [6.45, 7) is 1.72. The second-order valence-electron chi connectivity index (χ2n) is 6.23. The van der Waals surface area contributed by atoms with Gasteiger partial charge in [0.25, 0.3) is 5.56 Å². The first-order valence-electron chi connectivity index (χ1n) is 8.79. The van der Waals surface area contributed by atoms with Gasteiger partial charge in [-0.15, -0.1) is 0 Å². The number of halogens is 1. The third kappa shape index (κ3) is 4.57. The fourth-order valence-electron chi connectivity index (χ4n) is 2.88. The fraction of sp³-hybridized carbons (Fsp3) is 0.190. The van der Waals surface area contributed by atoms with Crippen LogP contribution in [0.1, 0.15) is 18.2 Å². The molecule has 0 aliphatic carbocycles. The lowest BCUT2D eigenvalue weighted by Gasteiger charge is -2.03. The van der Waals surface area contributed by atoms with E-state index in [9.17, 15) is 9.59 Å². The lowest BCUT2D eigenvalue weighted by atomic mass is 10.1. The van der Waals surface area contributed by atoms with Gasteiger partial charge >= 0.3 is 5.97 Å². The zero-order valence-corrected chi connectivity index (χ0v) is 17.0. The number of carbonyl (C=O) groups excluding carboxylic acids is 1. The molecule has 2 aromatic carbocycles. The molecule has 0 aliphatic rings. The summed E-state index contributed by atoms with van der Waals surface area (Å²) >= 11 is 5.91. The molecule has 150 valence electrons. The Kier molecular flexibility index (Phi) is 6.19. The molecule has 1 N–H and O–H groups in total. The van der Waals surface area contributed by atoms with E-state index >= 15 is 0 Å². The number of aromatic nitrogens is 2. The molecular weight excluding hydrogens is 394 g/mol. The highest BCUT2D eigenvalue weighted by molar-refractivity contribution is 6.30. The SMILES string of the molecule is COC(=O)Cc1[nH]n(-c2ccc(OC)cc2)c(=O)c1C(C)=Nc1ccc(Cl)cc1. The summed E-state index contributed by atoms with van der Waals surface area (Å²) in [7, 11) is 2.87. The van der Waals surface area contributed by atoms with Crippen LogP contribution in [0.2, 0.25) is 5.02 Å². The number of hydrogen-bond donors (Lipinski definition) is 1. The van der Waals surface area contributed by atoms with Crippen LogP contribution >= 0.6 is 11.6 Å². The highest BCUT2D eigenvalue weighted by Crippen LogP contribution is 2.19. The number of nitrogens with zero attached hydrogens (tertiary/aromatic N) is 2. The van der Waals surface area contributed by atoms with Gasteiger partial charge in [-0.1, -0.05) is 11.6 Å². The molecule has 1 aromatic heterocycles. The summed E-state index contributed by atoms with van der Waals surface area (Å²) < 4.78 is 11.3. The Labute approximate surface area is 172 Å². The Balaban J connectivity index is 2.10. The van der Waals surface area contributed by atoms with Gasteiger partial charge in [-0.2, -0.15) is 0 Å². The molecule has 3 rings (SSSR count). The van der Waals surface area contributed by atoms with E-state index in [4.69, 9.17) is 21.1 Å². The molecule has 0 aliphatic heterocycles. The molecule has 3 aromatic rings. The Morgan fingerprint density at radius 2 is 1.76 bits per heavy atom. The predicted molar refractivity (Wildman–Crippen MR) is 112 cm³/mol. The van der Waals surface area contributed by atoms with Crippen molar-refractivity contribution in [1.82, 2.24) is 9.78 Å². The van der Waals surface area contributed by atoms with Crippen molar-refractivity contribution in [3.05, 3.63) is 75.2 Å². The van der Waals surface area contributed by atoms with Crippen LogP contribution in [0.4, 0.5) is 5.69 Å². The molecule has 0 amide bonds. The van der Waals surface area contributed by atoms with Gasteiger partial charge in [0.15, 0.2) is 0 Å². The molecular formula is C21H20ClN3O4. The Bertz CT molecular complexity index is 1100. The minimum atomic E-state index is -0.464. The number of H-pyrrole nitrogens is 1. The van der Waals surface area contributed by atoms with Crippen molar-refractivity contribution in [2.24, 2.45) is 4.99 Å².